The number of hydrogen-bond acceptors (Lipinski definition) is 2. The zero-order chi connectivity index (χ0) is 12.0. The van der Waals surface area contributed by atoms with Crippen LogP contribution in [0, 0.1) is 5.92 Å². The minimum atomic E-state index is 0.473. The van der Waals surface area contributed by atoms with Gasteiger partial charge in [0.05, 0.1) is 0 Å². The summed E-state index contributed by atoms with van der Waals surface area (Å²) >= 11 is 2.05. The molecule has 1 N–H and O–H groups in total. The highest BCUT2D eigenvalue weighted by Gasteiger charge is 2.32. The Labute approximate surface area is 106 Å². The van der Waals surface area contributed by atoms with Gasteiger partial charge in [0.2, 0.25) is 0 Å². The number of rotatable bonds is 9. The van der Waals surface area contributed by atoms with Crippen LogP contribution in [0.3, 0.4) is 0 Å². The van der Waals surface area contributed by atoms with E-state index in [4.69, 9.17) is 0 Å². The molecule has 1 aliphatic carbocycles. The first-order valence-corrected chi connectivity index (χ1v) is 8.22. The molecule has 0 aromatic carbocycles. The van der Waals surface area contributed by atoms with Crippen molar-refractivity contribution in [3.05, 3.63) is 0 Å². The molecule has 2 heteroatoms. The first-order chi connectivity index (χ1) is 7.71. The summed E-state index contributed by atoms with van der Waals surface area (Å²) in [6.07, 6.45) is 10.4. The smallest absolute Gasteiger partial charge is 0.0276 e. The average Bonchev–Trinajstić information content (AvgIpc) is 3.14. The molecule has 0 spiro atoms. The van der Waals surface area contributed by atoms with E-state index in [-0.39, 0.29) is 0 Å². The van der Waals surface area contributed by atoms with Crippen LogP contribution >= 0.6 is 11.8 Å². The van der Waals surface area contributed by atoms with E-state index in [0.29, 0.717) is 4.75 Å². The minimum Gasteiger partial charge on any atom is -0.312 e. The highest BCUT2D eigenvalue weighted by Crippen LogP contribution is 2.36. The predicted octanol–water partition coefficient (Wildman–Crippen LogP) is 4.08. The molecule has 0 saturated heterocycles. The van der Waals surface area contributed by atoms with Crippen molar-refractivity contribution >= 4 is 11.8 Å². The van der Waals surface area contributed by atoms with Crippen LogP contribution in [0.5, 0.6) is 0 Å². The Bertz CT molecular complexity index is 177. The topological polar surface area (TPSA) is 12.0 Å². The van der Waals surface area contributed by atoms with Gasteiger partial charge in [-0.15, -0.1) is 0 Å². The third-order valence-corrected chi connectivity index (χ3v) is 5.79. The van der Waals surface area contributed by atoms with Crippen molar-refractivity contribution in [2.75, 3.05) is 12.8 Å². The van der Waals surface area contributed by atoms with Crippen molar-refractivity contribution < 1.29 is 0 Å². The maximum Gasteiger partial charge on any atom is 0.0276 e. The summed E-state index contributed by atoms with van der Waals surface area (Å²) in [7, 11) is 0. The van der Waals surface area contributed by atoms with E-state index in [1.807, 2.05) is 11.8 Å². The molecular formula is C14H29NS. The summed E-state index contributed by atoms with van der Waals surface area (Å²) in [5.74, 6) is 0.994. The second-order valence-corrected chi connectivity index (χ2v) is 6.48. The molecule has 0 heterocycles. The summed E-state index contributed by atoms with van der Waals surface area (Å²) in [5.41, 5.74) is 0. The van der Waals surface area contributed by atoms with Crippen LogP contribution in [0.1, 0.15) is 59.3 Å². The SMILES string of the molecule is CCCC(NCC(CC)(CC)SC)C1CC1. The largest absolute Gasteiger partial charge is 0.312 e. The van der Waals surface area contributed by atoms with Gasteiger partial charge in [-0.3, -0.25) is 0 Å². The lowest BCUT2D eigenvalue weighted by atomic mass is 10.00. The maximum atomic E-state index is 3.86. The molecule has 0 aromatic heterocycles. The third kappa shape index (κ3) is 3.96. The molecule has 1 fully saturated rings. The van der Waals surface area contributed by atoms with Gasteiger partial charge in [0.15, 0.2) is 0 Å². The summed E-state index contributed by atoms with van der Waals surface area (Å²) in [6, 6.07) is 0.801. The predicted molar refractivity (Wildman–Crippen MR) is 76.3 cm³/mol. The van der Waals surface area contributed by atoms with Gasteiger partial charge in [0, 0.05) is 17.3 Å². The minimum absolute atomic E-state index is 0.473. The average molecular weight is 243 g/mol. The third-order valence-electron chi connectivity index (χ3n) is 4.20. The zero-order valence-corrected chi connectivity index (χ0v) is 12.3. The molecule has 1 aliphatic rings. The molecule has 0 bridgehead atoms. The molecule has 1 atom stereocenters. The van der Waals surface area contributed by atoms with Crippen molar-refractivity contribution in [3.63, 3.8) is 0 Å². The van der Waals surface area contributed by atoms with Gasteiger partial charge >= 0.3 is 0 Å². The van der Waals surface area contributed by atoms with Crippen molar-refractivity contribution in [1.29, 1.82) is 0 Å². The van der Waals surface area contributed by atoms with E-state index in [9.17, 15) is 0 Å². The number of hydrogen-bond donors (Lipinski definition) is 1. The standard InChI is InChI=1S/C14H29NS/c1-5-8-13(12-9-10-12)15-11-14(6-2,7-3)16-4/h12-13,15H,5-11H2,1-4H3. The molecule has 0 radical (unpaired) electrons. The van der Waals surface area contributed by atoms with Crippen molar-refractivity contribution in [1.82, 2.24) is 5.32 Å². The first-order valence-electron chi connectivity index (χ1n) is 6.99. The highest BCUT2D eigenvalue weighted by molar-refractivity contribution is 8.00. The van der Waals surface area contributed by atoms with Crippen molar-refractivity contribution in [2.45, 2.75) is 70.1 Å². The Kier molecular flexibility index (Phi) is 6.20. The molecular weight excluding hydrogens is 214 g/mol. The van der Waals surface area contributed by atoms with Crippen LogP contribution in [-0.2, 0) is 0 Å². The van der Waals surface area contributed by atoms with Gasteiger partial charge in [-0.25, -0.2) is 0 Å². The Balaban J connectivity index is 2.39. The summed E-state index contributed by atoms with van der Waals surface area (Å²) in [4.78, 5) is 0. The molecule has 96 valence electrons. The van der Waals surface area contributed by atoms with Crippen LogP contribution in [0.15, 0.2) is 0 Å². The Morgan fingerprint density at radius 3 is 2.25 bits per heavy atom. The second-order valence-electron chi connectivity index (χ2n) is 5.21. The fourth-order valence-electron chi connectivity index (χ4n) is 2.49. The van der Waals surface area contributed by atoms with E-state index >= 15 is 0 Å². The van der Waals surface area contributed by atoms with E-state index in [0.717, 1.165) is 12.0 Å². The second kappa shape index (κ2) is 6.90. The lowest BCUT2D eigenvalue weighted by Crippen LogP contribution is -2.42. The Hall–Kier alpha value is 0.310. The normalized spacial score (nSPS) is 18.8. The maximum absolute atomic E-state index is 3.86. The van der Waals surface area contributed by atoms with E-state index in [2.05, 4.69) is 32.3 Å². The van der Waals surface area contributed by atoms with Crippen LogP contribution < -0.4 is 5.32 Å². The molecule has 0 amide bonds. The lowest BCUT2D eigenvalue weighted by molar-refractivity contribution is 0.390. The first kappa shape index (κ1) is 14.4. The molecule has 1 rings (SSSR count). The fourth-order valence-corrected chi connectivity index (χ4v) is 3.30. The highest BCUT2D eigenvalue weighted by atomic mass is 32.2. The fraction of sp³-hybridized carbons (Fsp3) is 1.00. The molecule has 16 heavy (non-hydrogen) atoms. The van der Waals surface area contributed by atoms with Crippen LogP contribution in [0.4, 0.5) is 0 Å². The molecule has 0 aliphatic heterocycles. The van der Waals surface area contributed by atoms with E-state index in [1.54, 1.807) is 0 Å². The zero-order valence-electron chi connectivity index (χ0n) is 11.5. The number of thioether (sulfide) groups is 1. The quantitative estimate of drug-likeness (QED) is 0.655. The molecule has 1 unspecified atom stereocenters. The molecule has 1 nitrogen and oxygen atoms in total. The van der Waals surface area contributed by atoms with E-state index < -0.39 is 0 Å². The monoisotopic (exact) mass is 243 g/mol. The van der Waals surface area contributed by atoms with Crippen LogP contribution in [0.2, 0.25) is 0 Å². The number of nitrogens with one attached hydrogen (secondary N) is 1. The summed E-state index contributed by atoms with van der Waals surface area (Å²) < 4.78 is 0.473. The van der Waals surface area contributed by atoms with Crippen LogP contribution in [-0.4, -0.2) is 23.6 Å². The Morgan fingerprint density at radius 2 is 1.88 bits per heavy atom. The van der Waals surface area contributed by atoms with Crippen molar-refractivity contribution in [2.24, 2.45) is 5.92 Å². The van der Waals surface area contributed by atoms with Gasteiger partial charge in [0.25, 0.3) is 0 Å². The van der Waals surface area contributed by atoms with Gasteiger partial charge in [-0.05, 0) is 44.3 Å². The van der Waals surface area contributed by atoms with Gasteiger partial charge in [0.1, 0.15) is 0 Å². The van der Waals surface area contributed by atoms with Gasteiger partial charge in [-0.2, -0.15) is 11.8 Å². The summed E-state index contributed by atoms with van der Waals surface area (Å²) in [5, 5.41) is 3.86. The molecule has 0 aromatic rings. The van der Waals surface area contributed by atoms with Gasteiger partial charge in [-0.1, -0.05) is 27.2 Å². The van der Waals surface area contributed by atoms with Crippen LogP contribution in [0.25, 0.3) is 0 Å². The van der Waals surface area contributed by atoms with Crippen molar-refractivity contribution in [3.8, 4) is 0 Å². The van der Waals surface area contributed by atoms with Gasteiger partial charge < -0.3 is 5.32 Å². The summed E-state index contributed by atoms with van der Waals surface area (Å²) in [6.45, 7) is 8.15. The lowest BCUT2D eigenvalue weighted by Gasteiger charge is -2.32. The van der Waals surface area contributed by atoms with E-state index in [1.165, 1.54) is 45.1 Å². The Morgan fingerprint density at radius 1 is 1.25 bits per heavy atom. The molecule has 1 saturated carbocycles.